The van der Waals surface area contributed by atoms with Crippen molar-refractivity contribution in [2.24, 2.45) is 0 Å². The third-order valence-electron chi connectivity index (χ3n) is 3.06. The van der Waals surface area contributed by atoms with E-state index in [4.69, 9.17) is 28.3 Å². The maximum absolute atomic E-state index is 13.2. The van der Waals surface area contributed by atoms with Crippen molar-refractivity contribution >= 4 is 29.1 Å². The van der Waals surface area contributed by atoms with Crippen LogP contribution < -0.4 is 5.32 Å². The fourth-order valence-corrected chi connectivity index (χ4v) is 2.42. The second-order valence-corrected chi connectivity index (χ2v) is 5.46. The van der Waals surface area contributed by atoms with Crippen molar-refractivity contribution in [1.82, 2.24) is 10.3 Å². The number of benzene rings is 1. The van der Waals surface area contributed by atoms with E-state index in [1.54, 1.807) is 0 Å². The zero-order chi connectivity index (χ0) is 16.1. The number of nitrogens with one attached hydrogen (secondary N) is 1. The summed E-state index contributed by atoms with van der Waals surface area (Å²) in [5.41, 5.74) is 1.23. The number of hydrogen-bond donors (Lipinski definition) is 2. The van der Waals surface area contributed by atoms with Crippen molar-refractivity contribution in [3.05, 3.63) is 57.6 Å². The lowest BCUT2D eigenvalue weighted by Crippen LogP contribution is -2.23. The van der Waals surface area contributed by atoms with E-state index in [0.717, 1.165) is 0 Å². The van der Waals surface area contributed by atoms with E-state index in [2.05, 4.69) is 10.3 Å². The smallest absolute Gasteiger partial charge is 0.220 e. The number of rotatable bonds is 5. The van der Waals surface area contributed by atoms with Gasteiger partial charge >= 0.3 is 0 Å². The zero-order valence-electron chi connectivity index (χ0n) is 11.4. The molecule has 0 unspecified atom stereocenters. The van der Waals surface area contributed by atoms with Gasteiger partial charge in [0.05, 0.1) is 10.0 Å². The van der Waals surface area contributed by atoms with Gasteiger partial charge in [0.2, 0.25) is 5.91 Å². The average molecular weight is 343 g/mol. The zero-order valence-corrected chi connectivity index (χ0v) is 13.0. The molecule has 116 valence electrons. The maximum Gasteiger partial charge on any atom is 0.220 e. The number of halogens is 3. The van der Waals surface area contributed by atoms with E-state index in [1.165, 1.54) is 30.6 Å². The van der Waals surface area contributed by atoms with Crippen LogP contribution >= 0.6 is 23.2 Å². The van der Waals surface area contributed by atoms with E-state index in [9.17, 15) is 9.18 Å². The van der Waals surface area contributed by atoms with Gasteiger partial charge in [-0.25, -0.2) is 4.39 Å². The third-order valence-corrected chi connectivity index (χ3v) is 3.71. The summed E-state index contributed by atoms with van der Waals surface area (Å²) in [6, 6.07) is 3.95. The Balaban J connectivity index is 1.87. The third kappa shape index (κ3) is 4.32. The van der Waals surface area contributed by atoms with Crippen molar-refractivity contribution in [2.75, 3.05) is 0 Å². The van der Waals surface area contributed by atoms with E-state index >= 15 is 0 Å². The summed E-state index contributed by atoms with van der Waals surface area (Å²) in [7, 11) is 0. The highest BCUT2D eigenvalue weighted by Gasteiger charge is 2.09. The molecule has 1 heterocycles. The number of amides is 1. The molecule has 1 amide bonds. The van der Waals surface area contributed by atoms with Crippen LogP contribution in [0, 0.1) is 5.82 Å². The van der Waals surface area contributed by atoms with Gasteiger partial charge in [0, 0.05) is 25.4 Å². The number of aromatic hydroxyl groups is 1. The molecule has 0 saturated heterocycles. The van der Waals surface area contributed by atoms with Crippen LogP contribution in [0.15, 0.2) is 30.6 Å². The van der Waals surface area contributed by atoms with Crippen molar-refractivity contribution < 1.29 is 14.3 Å². The summed E-state index contributed by atoms with van der Waals surface area (Å²) < 4.78 is 13.2. The van der Waals surface area contributed by atoms with Gasteiger partial charge in [0.15, 0.2) is 11.6 Å². The summed E-state index contributed by atoms with van der Waals surface area (Å²) in [6.07, 6.45) is 3.53. The minimum atomic E-state index is -0.720. The summed E-state index contributed by atoms with van der Waals surface area (Å²) in [5.74, 6) is -1.35. The molecular weight excluding hydrogens is 330 g/mol. The van der Waals surface area contributed by atoms with Gasteiger partial charge in [0.1, 0.15) is 0 Å². The number of aromatic nitrogens is 1. The van der Waals surface area contributed by atoms with Crippen LogP contribution in [0.2, 0.25) is 10.0 Å². The first kappa shape index (κ1) is 16.5. The van der Waals surface area contributed by atoms with E-state index < -0.39 is 11.6 Å². The Kier molecular flexibility index (Phi) is 5.57. The summed E-state index contributed by atoms with van der Waals surface area (Å²) in [5, 5.41) is 12.6. The van der Waals surface area contributed by atoms with Crippen molar-refractivity contribution in [3.63, 3.8) is 0 Å². The lowest BCUT2D eigenvalue weighted by Gasteiger charge is -2.08. The highest BCUT2D eigenvalue weighted by atomic mass is 35.5. The fraction of sp³-hybridized carbons (Fsp3) is 0.200. The molecule has 7 heteroatoms. The number of carbonyl (C=O) groups is 1. The molecule has 22 heavy (non-hydrogen) atoms. The predicted octanol–water partition coefficient (Wildman–Crippen LogP) is 3.48. The minimum Gasteiger partial charge on any atom is -0.505 e. The molecule has 0 aliphatic rings. The maximum atomic E-state index is 13.2. The standard InChI is InChI=1S/C15H13Cl2FN2O2/c16-11-7-19-8-12(17)10(11)2-4-15(22)20-6-9-1-3-14(21)13(18)5-9/h1,3,5,7-8,21H,2,4,6H2,(H,20,22). The number of pyridine rings is 1. The number of nitrogens with zero attached hydrogens (tertiary/aromatic N) is 1. The summed E-state index contributed by atoms with van der Waals surface area (Å²) in [6.45, 7) is 0.174. The van der Waals surface area contributed by atoms with Gasteiger partial charge in [-0.05, 0) is 29.7 Å². The van der Waals surface area contributed by atoms with Crippen LogP contribution in [0.5, 0.6) is 5.75 Å². The van der Waals surface area contributed by atoms with E-state index in [0.29, 0.717) is 27.6 Å². The monoisotopic (exact) mass is 342 g/mol. The quantitative estimate of drug-likeness (QED) is 0.874. The normalized spacial score (nSPS) is 10.5. The van der Waals surface area contributed by atoms with Crippen LogP contribution in [0.4, 0.5) is 4.39 Å². The first-order valence-electron chi connectivity index (χ1n) is 6.49. The number of phenolic OH excluding ortho intramolecular Hbond substituents is 1. The summed E-state index contributed by atoms with van der Waals surface area (Å²) >= 11 is 11.9. The molecule has 1 aromatic carbocycles. The van der Waals surface area contributed by atoms with Gasteiger partial charge < -0.3 is 10.4 Å². The minimum absolute atomic E-state index is 0.174. The Morgan fingerprint density at radius 2 is 1.95 bits per heavy atom. The van der Waals surface area contributed by atoms with Crippen molar-refractivity contribution in [3.8, 4) is 5.75 Å². The first-order chi connectivity index (χ1) is 10.5. The molecule has 0 bridgehead atoms. The van der Waals surface area contributed by atoms with Gasteiger partial charge in [0.25, 0.3) is 0 Å². The second-order valence-electron chi connectivity index (χ2n) is 4.64. The molecule has 1 aromatic heterocycles. The average Bonchev–Trinajstić information content (AvgIpc) is 2.48. The second kappa shape index (κ2) is 7.42. The van der Waals surface area contributed by atoms with Gasteiger partial charge in [-0.3, -0.25) is 9.78 Å². The topological polar surface area (TPSA) is 62.2 Å². The van der Waals surface area contributed by atoms with E-state index in [-0.39, 0.29) is 18.9 Å². The Morgan fingerprint density at radius 1 is 1.27 bits per heavy atom. The van der Waals surface area contributed by atoms with Crippen molar-refractivity contribution in [1.29, 1.82) is 0 Å². The van der Waals surface area contributed by atoms with E-state index in [1.807, 2.05) is 0 Å². The Hall–Kier alpha value is -1.85. The first-order valence-corrected chi connectivity index (χ1v) is 7.25. The molecule has 0 fully saturated rings. The lowest BCUT2D eigenvalue weighted by molar-refractivity contribution is -0.121. The molecule has 0 aliphatic carbocycles. The Morgan fingerprint density at radius 3 is 2.59 bits per heavy atom. The predicted molar refractivity (Wildman–Crippen MR) is 82.5 cm³/mol. The Bertz CT molecular complexity index is 675. The number of phenols is 1. The summed E-state index contributed by atoms with van der Waals surface area (Å²) in [4.78, 5) is 15.7. The molecule has 2 N–H and O–H groups in total. The molecule has 0 atom stereocenters. The molecule has 0 aliphatic heterocycles. The molecule has 0 spiro atoms. The van der Waals surface area contributed by atoms with Gasteiger partial charge in [-0.1, -0.05) is 29.3 Å². The highest BCUT2D eigenvalue weighted by Crippen LogP contribution is 2.24. The van der Waals surface area contributed by atoms with Crippen LogP contribution in [0.25, 0.3) is 0 Å². The largest absolute Gasteiger partial charge is 0.505 e. The highest BCUT2D eigenvalue weighted by molar-refractivity contribution is 6.35. The molecule has 0 saturated carbocycles. The molecule has 4 nitrogen and oxygen atoms in total. The number of hydrogen-bond acceptors (Lipinski definition) is 3. The van der Waals surface area contributed by atoms with Crippen LogP contribution in [0.1, 0.15) is 17.5 Å². The van der Waals surface area contributed by atoms with Gasteiger partial charge in [-0.15, -0.1) is 0 Å². The van der Waals surface area contributed by atoms with Crippen molar-refractivity contribution in [2.45, 2.75) is 19.4 Å². The molecule has 0 radical (unpaired) electrons. The molecular formula is C15H13Cl2FN2O2. The van der Waals surface area contributed by atoms with Gasteiger partial charge in [-0.2, -0.15) is 0 Å². The molecule has 2 aromatic rings. The Labute approximate surface area is 136 Å². The number of carbonyl (C=O) groups excluding carboxylic acids is 1. The van der Waals surface area contributed by atoms with Crippen LogP contribution in [-0.4, -0.2) is 16.0 Å². The fourth-order valence-electron chi connectivity index (χ4n) is 1.86. The van der Waals surface area contributed by atoms with Crippen LogP contribution in [0.3, 0.4) is 0 Å². The lowest BCUT2D eigenvalue weighted by atomic mass is 10.1. The molecule has 2 rings (SSSR count). The SMILES string of the molecule is O=C(CCc1c(Cl)cncc1Cl)NCc1ccc(O)c(F)c1. The van der Waals surface area contributed by atoms with Crippen LogP contribution in [-0.2, 0) is 17.8 Å².